The first kappa shape index (κ1) is 36.3. The smallest absolute Gasteiger partial charge is 0.490 e. The minimum Gasteiger partial charge on any atom is -0.491 e. The quantitative estimate of drug-likeness (QED) is 0.142. The molecule has 4 rings (SSSR count). The van der Waals surface area contributed by atoms with Crippen LogP contribution in [0.1, 0.15) is 5.56 Å². The van der Waals surface area contributed by atoms with E-state index in [9.17, 15) is 31.4 Å². The van der Waals surface area contributed by atoms with E-state index in [0.717, 1.165) is 32.6 Å². The number of pyridine rings is 1. The Labute approximate surface area is 257 Å². The summed E-state index contributed by atoms with van der Waals surface area (Å²) in [5, 5.41) is 28.3. The van der Waals surface area contributed by atoms with Gasteiger partial charge in [0.1, 0.15) is 29.8 Å². The van der Waals surface area contributed by atoms with Crippen LogP contribution in [0.3, 0.4) is 0 Å². The van der Waals surface area contributed by atoms with Crippen molar-refractivity contribution in [3.05, 3.63) is 75.9 Å². The van der Waals surface area contributed by atoms with Crippen LogP contribution in [0.4, 0.5) is 26.3 Å². The zero-order valence-corrected chi connectivity index (χ0v) is 24.3. The molecule has 10 nitrogen and oxygen atoms in total. The van der Waals surface area contributed by atoms with Gasteiger partial charge < -0.3 is 30.4 Å². The van der Waals surface area contributed by atoms with Gasteiger partial charge in [0.25, 0.3) is 0 Å². The predicted molar refractivity (Wildman–Crippen MR) is 149 cm³/mol. The fraction of sp³-hybridized carbons (Fsp3) is 0.231. The lowest BCUT2D eigenvalue weighted by Gasteiger charge is -2.13. The van der Waals surface area contributed by atoms with E-state index in [1.165, 1.54) is 0 Å². The number of fused-ring (bicyclic) bond motifs is 1. The Kier molecular flexibility index (Phi) is 13.4. The molecule has 44 heavy (non-hydrogen) atoms. The molecular formula is C26H22BrClF6N4O6. The SMILES string of the molecule is O=C(O)C(F)(F)F.O=C(O)C(F)(F)F.OC(CNCc1ccc(Cl)cc1)COc1ccc(-c2nc3cc(Br)cnc3[nH]2)cc1. The third-order valence-electron chi connectivity index (χ3n) is 4.98. The number of carbonyl (C=O) groups is 2. The van der Waals surface area contributed by atoms with Gasteiger partial charge in [-0.05, 0) is 64.0 Å². The van der Waals surface area contributed by atoms with Gasteiger partial charge in [0.2, 0.25) is 0 Å². The molecule has 0 radical (unpaired) electrons. The number of nitrogens with zero attached hydrogens (tertiary/aromatic N) is 2. The molecule has 0 bridgehead atoms. The van der Waals surface area contributed by atoms with E-state index < -0.39 is 30.4 Å². The van der Waals surface area contributed by atoms with Crippen molar-refractivity contribution in [2.75, 3.05) is 13.2 Å². The minimum atomic E-state index is -5.08. The van der Waals surface area contributed by atoms with Crippen molar-refractivity contribution in [3.63, 3.8) is 0 Å². The van der Waals surface area contributed by atoms with Gasteiger partial charge in [0, 0.05) is 34.3 Å². The van der Waals surface area contributed by atoms with Crippen LogP contribution in [-0.2, 0) is 16.1 Å². The molecule has 4 aromatic rings. The summed E-state index contributed by atoms with van der Waals surface area (Å²) >= 11 is 9.28. The number of aromatic amines is 1. The standard InChI is InChI=1S/C22H20BrClN4O2.2C2HF3O2/c23-16-9-20-22(26-11-16)28-21(27-20)15-3-7-19(8-4-15)30-13-18(29)12-25-10-14-1-5-17(24)6-2-14;2*3-2(4,5)1(6)7/h1-9,11,18,25,29H,10,12-13H2,(H,26,27,28);2*(H,6,7). The Morgan fingerprint density at radius 2 is 1.52 bits per heavy atom. The average Bonchev–Trinajstić information content (AvgIpc) is 3.36. The molecule has 2 aromatic carbocycles. The summed E-state index contributed by atoms with van der Waals surface area (Å²) < 4.78 is 70.1. The van der Waals surface area contributed by atoms with Crippen LogP contribution in [0.2, 0.25) is 5.02 Å². The van der Waals surface area contributed by atoms with Crippen molar-refractivity contribution < 1.29 is 56.0 Å². The van der Waals surface area contributed by atoms with Crippen molar-refractivity contribution in [1.82, 2.24) is 20.3 Å². The number of carboxylic acids is 2. The monoisotopic (exact) mass is 714 g/mol. The van der Waals surface area contributed by atoms with Crippen molar-refractivity contribution in [2.45, 2.75) is 25.0 Å². The molecule has 18 heteroatoms. The fourth-order valence-electron chi connectivity index (χ4n) is 2.95. The summed E-state index contributed by atoms with van der Waals surface area (Å²) in [6, 6.07) is 17.1. The third kappa shape index (κ3) is 12.7. The maximum atomic E-state index is 10.6. The van der Waals surface area contributed by atoms with Gasteiger partial charge in [-0.25, -0.2) is 19.6 Å². The molecule has 0 spiro atoms. The highest BCUT2D eigenvalue weighted by Gasteiger charge is 2.38. The number of aromatic nitrogens is 3. The average molecular weight is 716 g/mol. The number of hydrogen-bond acceptors (Lipinski definition) is 7. The van der Waals surface area contributed by atoms with E-state index in [0.29, 0.717) is 23.9 Å². The number of halogens is 8. The third-order valence-corrected chi connectivity index (χ3v) is 5.67. The molecule has 0 saturated heterocycles. The molecule has 0 aliphatic rings. The van der Waals surface area contributed by atoms with Crippen LogP contribution in [0.15, 0.2) is 65.3 Å². The number of aliphatic hydroxyl groups is 1. The number of aliphatic hydroxyl groups excluding tert-OH is 1. The first-order valence-corrected chi connectivity index (χ1v) is 13.1. The normalized spacial score (nSPS) is 11.9. The topological polar surface area (TPSA) is 158 Å². The number of rotatable bonds is 8. The van der Waals surface area contributed by atoms with Crippen molar-refractivity contribution in [3.8, 4) is 17.1 Å². The Morgan fingerprint density at radius 3 is 2.05 bits per heavy atom. The Morgan fingerprint density at radius 1 is 0.977 bits per heavy atom. The van der Waals surface area contributed by atoms with Gasteiger partial charge in [0.15, 0.2) is 5.65 Å². The highest BCUT2D eigenvalue weighted by Crippen LogP contribution is 2.23. The highest BCUT2D eigenvalue weighted by molar-refractivity contribution is 9.10. The molecule has 1 atom stereocenters. The first-order chi connectivity index (χ1) is 20.5. The molecule has 0 aliphatic heterocycles. The summed E-state index contributed by atoms with van der Waals surface area (Å²) in [5.41, 5.74) is 3.58. The number of carboxylic acid groups (broad SMARTS) is 2. The number of ether oxygens (including phenoxy) is 1. The summed E-state index contributed by atoms with van der Waals surface area (Å²) in [5.74, 6) is -4.08. The zero-order chi connectivity index (χ0) is 33.1. The van der Waals surface area contributed by atoms with Gasteiger partial charge in [-0.15, -0.1) is 0 Å². The number of benzene rings is 2. The van der Waals surface area contributed by atoms with E-state index in [-0.39, 0.29) is 6.61 Å². The minimum absolute atomic E-state index is 0.204. The van der Waals surface area contributed by atoms with Crippen LogP contribution in [0.25, 0.3) is 22.6 Å². The lowest BCUT2D eigenvalue weighted by molar-refractivity contribution is -0.193. The lowest BCUT2D eigenvalue weighted by Crippen LogP contribution is -2.31. The number of imidazole rings is 1. The summed E-state index contributed by atoms with van der Waals surface area (Å²) in [6.45, 7) is 1.30. The van der Waals surface area contributed by atoms with Gasteiger partial charge >= 0.3 is 24.3 Å². The first-order valence-electron chi connectivity index (χ1n) is 11.9. The van der Waals surface area contributed by atoms with E-state index in [4.69, 9.17) is 36.1 Å². The maximum Gasteiger partial charge on any atom is 0.490 e. The van der Waals surface area contributed by atoms with Crippen LogP contribution in [0, 0.1) is 0 Å². The Hall–Kier alpha value is -3.93. The second-order valence-electron chi connectivity index (χ2n) is 8.46. The zero-order valence-electron chi connectivity index (χ0n) is 22.0. The molecule has 5 N–H and O–H groups in total. The summed E-state index contributed by atoms with van der Waals surface area (Å²) in [4.78, 5) is 29.9. The summed E-state index contributed by atoms with van der Waals surface area (Å²) in [7, 11) is 0. The van der Waals surface area contributed by atoms with E-state index in [1.54, 1.807) is 6.20 Å². The summed E-state index contributed by atoms with van der Waals surface area (Å²) in [6.07, 6.45) is -9.05. The number of H-pyrrole nitrogens is 1. The Balaban J connectivity index is 0.000000402. The highest BCUT2D eigenvalue weighted by atomic mass is 79.9. The predicted octanol–water partition coefficient (Wildman–Crippen LogP) is 5.84. The molecule has 0 fully saturated rings. The van der Waals surface area contributed by atoms with Gasteiger partial charge in [-0.2, -0.15) is 26.3 Å². The molecule has 0 aliphatic carbocycles. The van der Waals surface area contributed by atoms with Gasteiger partial charge in [-0.1, -0.05) is 23.7 Å². The van der Waals surface area contributed by atoms with Crippen molar-refractivity contribution in [2.24, 2.45) is 0 Å². The number of alkyl halides is 6. The van der Waals surface area contributed by atoms with Crippen LogP contribution < -0.4 is 10.1 Å². The molecule has 1 unspecified atom stereocenters. The number of nitrogens with one attached hydrogen (secondary N) is 2. The fourth-order valence-corrected chi connectivity index (χ4v) is 3.40. The molecular weight excluding hydrogens is 694 g/mol. The van der Waals surface area contributed by atoms with Crippen LogP contribution >= 0.6 is 27.5 Å². The molecule has 2 aromatic heterocycles. The lowest BCUT2D eigenvalue weighted by atomic mass is 10.2. The van der Waals surface area contributed by atoms with Gasteiger partial charge in [-0.3, -0.25) is 0 Å². The largest absolute Gasteiger partial charge is 0.491 e. The van der Waals surface area contributed by atoms with Crippen LogP contribution in [-0.4, -0.2) is 73.8 Å². The second kappa shape index (κ2) is 16.2. The number of hydrogen-bond donors (Lipinski definition) is 5. The van der Waals surface area contributed by atoms with Gasteiger partial charge in [0.05, 0.1) is 0 Å². The van der Waals surface area contributed by atoms with Crippen molar-refractivity contribution in [1.29, 1.82) is 0 Å². The van der Waals surface area contributed by atoms with E-state index in [1.807, 2.05) is 54.6 Å². The molecule has 0 amide bonds. The molecule has 2 heterocycles. The van der Waals surface area contributed by atoms with Crippen LogP contribution in [0.5, 0.6) is 5.75 Å². The van der Waals surface area contributed by atoms with Crippen molar-refractivity contribution >= 4 is 50.6 Å². The maximum absolute atomic E-state index is 10.6. The molecule has 0 saturated carbocycles. The second-order valence-corrected chi connectivity index (χ2v) is 9.81. The number of aliphatic carboxylic acids is 2. The van der Waals surface area contributed by atoms with E-state index >= 15 is 0 Å². The molecule has 238 valence electrons. The van der Waals surface area contributed by atoms with E-state index in [2.05, 4.69) is 36.2 Å². The Bertz CT molecular complexity index is 1490.